The molecule has 2 aromatic carbocycles. The van der Waals surface area contributed by atoms with Gasteiger partial charge in [0, 0.05) is 48.2 Å². The summed E-state index contributed by atoms with van der Waals surface area (Å²) in [6.07, 6.45) is -13.6. The Balaban J connectivity index is 0.00000562. The average Bonchev–Trinajstić information content (AvgIpc) is 3.84. The fourth-order valence-electron chi connectivity index (χ4n) is 5.80. The molecule has 1 fully saturated rings. The first-order chi connectivity index (χ1) is 22.8. The molecule has 2 N–H and O–H groups in total. The molecule has 1 radical (unpaired) electrons. The molecule has 50 heavy (non-hydrogen) atoms. The SMILES string of the molecule is CC[C@@H]1C[C@H](Nc2ncc(C3CC3)c(Cc3cc(C(F)(F)F)cc(C(F)(F)F)c3)n2)c2cc(C(F)(F)F)ccc2N1C(=O)OCCC(=O)O.[Na]. The van der Waals surface area contributed by atoms with E-state index in [1.807, 2.05) is 0 Å². The number of nitrogens with zero attached hydrogens (tertiary/aromatic N) is 3. The Morgan fingerprint density at radius 3 is 2.08 bits per heavy atom. The molecular weight excluding hydrogens is 698 g/mol. The second-order valence-corrected chi connectivity index (χ2v) is 11.9. The fourth-order valence-corrected chi connectivity index (χ4v) is 5.80. The number of nitrogens with one attached hydrogen (secondary N) is 1. The van der Waals surface area contributed by atoms with Crippen LogP contribution in [-0.2, 0) is 34.5 Å². The van der Waals surface area contributed by atoms with E-state index in [4.69, 9.17) is 9.84 Å². The zero-order valence-corrected chi connectivity index (χ0v) is 28.6. The normalized spacial score (nSPS) is 17.8. The zero-order valence-electron chi connectivity index (χ0n) is 26.6. The first-order valence-electron chi connectivity index (χ1n) is 15.1. The Morgan fingerprint density at radius 2 is 1.54 bits per heavy atom. The van der Waals surface area contributed by atoms with Crippen molar-refractivity contribution in [3.8, 4) is 0 Å². The molecule has 1 aromatic heterocycles. The monoisotopic (exact) mass is 727 g/mol. The number of carbonyl (C=O) groups excluding carboxylic acids is 1. The molecule has 2 atom stereocenters. The van der Waals surface area contributed by atoms with Crippen LogP contribution in [0.3, 0.4) is 0 Å². The second kappa shape index (κ2) is 15.0. The first kappa shape index (κ1) is 39.2. The fraction of sp³-hybridized carbons (Fsp3) is 0.438. The van der Waals surface area contributed by atoms with Crippen molar-refractivity contribution in [3.63, 3.8) is 0 Å². The number of alkyl halides is 9. The summed E-state index contributed by atoms with van der Waals surface area (Å²) in [5.74, 6) is -1.42. The van der Waals surface area contributed by atoms with Crippen LogP contribution in [-0.4, -0.2) is 69.3 Å². The van der Waals surface area contributed by atoms with Gasteiger partial charge in [-0.2, -0.15) is 39.5 Å². The standard InChI is InChI=1S/C32H29F9N4O4.Na/c1-2-21-14-25(22-13-18(30(33,34)35)5-6-26(22)45(21)29(48)49-8-7-27(46)47)44-28-42-15-23(17-3-4-17)24(43-28)11-16-9-19(31(36,37)38)12-20(10-16)32(39,40)41;/h5-6,9-10,12-13,15,17,21,25H,2-4,7-8,11,14H2,1H3,(H,46,47)(H,42,43,44);/t21-,25+;/m1./s1. The minimum absolute atomic E-state index is 0. The predicted molar refractivity (Wildman–Crippen MR) is 162 cm³/mol. The van der Waals surface area contributed by atoms with Crippen molar-refractivity contribution in [1.82, 2.24) is 9.97 Å². The van der Waals surface area contributed by atoms with Crippen molar-refractivity contribution >= 4 is 53.3 Å². The van der Waals surface area contributed by atoms with E-state index >= 15 is 0 Å². The van der Waals surface area contributed by atoms with Crippen molar-refractivity contribution in [2.24, 2.45) is 0 Å². The molecule has 5 rings (SSSR count). The van der Waals surface area contributed by atoms with Crippen molar-refractivity contribution < 1.29 is 58.9 Å². The van der Waals surface area contributed by atoms with E-state index in [2.05, 4.69) is 15.3 Å². The summed E-state index contributed by atoms with van der Waals surface area (Å²) < 4.78 is 128. The summed E-state index contributed by atoms with van der Waals surface area (Å²) in [5.41, 5.74) is -3.52. The third-order valence-corrected chi connectivity index (χ3v) is 8.31. The van der Waals surface area contributed by atoms with Gasteiger partial charge in [0.25, 0.3) is 0 Å². The van der Waals surface area contributed by atoms with E-state index in [1.54, 1.807) is 6.92 Å². The number of carbonyl (C=O) groups is 2. The summed E-state index contributed by atoms with van der Waals surface area (Å²) in [6, 6.07) is 2.42. The van der Waals surface area contributed by atoms with Crippen LogP contribution < -0.4 is 10.2 Å². The zero-order chi connectivity index (χ0) is 35.9. The van der Waals surface area contributed by atoms with Crippen molar-refractivity contribution in [1.29, 1.82) is 0 Å². The van der Waals surface area contributed by atoms with Crippen LogP contribution in [0.15, 0.2) is 42.6 Å². The topological polar surface area (TPSA) is 105 Å². The maximum absolute atomic E-state index is 13.8. The minimum atomic E-state index is -5.05. The minimum Gasteiger partial charge on any atom is -0.481 e. The predicted octanol–water partition coefficient (Wildman–Crippen LogP) is 8.37. The van der Waals surface area contributed by atoms with Crippen LogP contribution in [0.4, 0.5) is 55.9 Å². The van der Waals surface area contributed by atoms with Gasteiger partial charge in [0.2, 0.25) is 5.95 Å². The number of anilines is 2. The third-order valence-electron chi connectivity index (χ3n) is 8.31. The molecule has 0 unspecified atom stereocenters. The van der Waals surface area contributed by atoms with Gasteiger partial charge in [-0.15, -0.1) is 0 Å². The first-order valence-corrected chi connectivity index (χ1v) is 15.1. The van der Waals surface area contributed by atoms with Crippen LogP contribution in [0.25, 0.3) is 0 Å². The number of carboxylic acid groups (broad SMARTS) is 1. The molecule has 1 aliphatic carbocycles. The van der Waals surface area contributed by atoms with Crippen LogP contribution in [0, 0.1) is 0 Å². The van der Waals surface area contributed by atoms with Gasteiger partial charge in [-0.25, -0.2) is 14.8 Å². The molecule has 3 aromatic rings. The van der Waals surface area contributed by atoms with E-state index in [-0.39, 0.29) is 76.4 Å². The molecule has 0 spiro atoms. The summed E-state index contributed by atoms with van der Waals surface area (Å²) in [4.78, 5) is 33.9. The van der Waals surface area contributed by atoms with E-state index < -0.39 is 78.8 Å². The number of ether oxygens (including phenoxy) is 1. The summed E-state index contributed by atoms with van der Waals surface area (Å²) in [5, 5.41) is 11.9. The molecule has 8 nitrogen and oxygen atoms in total. The van der Waals surface area contributed by atoms with Gasteiger partial charge < -0.3 is 15.2 Å². The van der Waals surface area contributed by atoms with Crippen LogP contribution >= 0.6 is 0 Å². The van der Waals surface area contributed by atoms with Crippen LogP contribution in [0.1, 0.15) is 90.1 Å². The molecular formula is C32H29F9N4NaO4. The largest absolute Gasteiger partial charge is 0.481 e. The average molecular weight is 728 g/mol. The summed E-state index contributed by atoms with van der Waals surface area (Å²) in [7, 11) is 0. The van der Waals surface area contributed by atoms with Crippen molar-refractivity contribution in [2.45, 2.75) is 82.0 Å². The molecule has 265 valence electrons. The number of aromatic nitrogens is 2. The third kappa shape index (κ3) is 9.20. The number of aliphatic carboxylic acids is 1. The number of benzene rings is 2. The molecule has 0 bridgehead atoms. The number of carboxylic acids is 1. The number of amides is 1. The maximum Gasteiger partial charge on any atom is 0.416 e. The Labute approximate surface area is 301 Å². The van der Waals surface area contributed by atoms with Crippen molar-refractivity contribution in [3.05, 3.63) is 81.7 Å². The van der Waals surface area contributed by atoms with Gasteiger partial charge in [-0.3, -0.25) is 9.69 Å². The molecule has 2 aliphatic rings. The Bertz CT molecular complexity index is 1700. The van der Waals surface area contributed by atoms with E-state index in [9.17, 15) is 49.1 Å². The molecule has 0 saturated heterocycles. The van der Waals surface area contributed by atoms with Gasteiger partial charge in [0.05, 0.1) is 40.5 Å². The van der Waals surface area contributed by atoms with E-state index in [1.165, 1.54) is 6.20 Å². The summed E-state index contributed by atoms with van der Waals surface area (Å²) in [6.45, 7) is 1.25. The maximum atomic E-state index is 13.8. The smallest absolute Gasteiger partial charge is 0.416 e. The quantitative estimate of drug-likeness (QED) is 0.169. The molecule has 1 saturated carbocycles. The molecule has 18 heteroatoms. The van der Waals surface area contributed by atoms with Crippen LogP contribution in [0.5, 0.6) is 0 Å². The van der Waals surface area contributed by atoms with Crippen molar-refractivity contribution in [2.75, 3.05) is 16.8 Å². The van der Waals surface area contributed by atoms with Gasteiger partial charge >= 0.3 is 30.6 Å². The number of hydrogen-bond acceptors (Lipinski definition) is 6. The van der Waals surface area contributed by atoms with Crippen LogP contribution in [0.2, 0.25) is 0 Å². The van der Waals surface area contributed by atoms with E-state index in [0.29, 0.717) is 37.0 Å². The summed E-state index contributed by atoms with van der Waals surface area (Å²) >= 11 is 0. The molecule has 1 aliphatic heterocycles. The molecule has 2 heterocycles. The Morgan fingerprint density at radius 1 is 0.920 bits per heavy atom. The van der Waals surface area contributed by atoms with Gasteiger partial charge in [0.1, 0.15) is 6.61 Å². The number of rotatable bonds is 9. The van der Waals surface area contributed by atoms with E-state index in [0.717, 1.165) is 23.1 Å². The number of fused-ring (bicyclic) bond motifs is 1. The number of hydrogen-bond donors (Lipinski definition) is 2. The second-order valence-electron chi connectivity index (χ2n) is 11.9. The Kier molecular flexibility index (Phi) is 11.7. The number of halogens is 9. The molecule has 1 amide bonds. The Hall–Kier alpha value is -3.57. The van der Waals surface area contributed by atoms with Gasteiger partial charge in [0.15, 0.2) is 0 Å². The van der Waals surface area contributed by atoms with Gasteiger partial charge in [-0.05, 0) is 84.7 Å². The van der Waals surface area contributed by atoms with Gasteiger partial charge in [-0.1, -0.05) is 6.92 Å².